The standard InChI is InChI=1S/C15H14F2N2O4S/c1-19(23-2)24(21,22)12-5-3-4-10(8-12)15(20)18-11-6-7-13(16)14(17)9-11/h3-9H,1-2H3,(H,18,20). The quantitative estimate of drug-likeness (QED) is 0.835. The Bertz CT molecular complexity index is 872. The third kappa shape index (κ3) is 3.75. The molecule has 1 N–H and O–H groups in total. The van der Waals surface area contributed by atoms with Gasteiger partial charge in [-0.2, -0.15) is 0 Å². The molecule has 2 rings (SSSR count). The molecular formula is C15H14F2N2O4S. The number of anilines is 1. The predicted molar refractivity (Wildman–Crippen MR) is 82.7 cm³/mol. The van der Waals surface area contributed by atoms with E-state index in [1.165, 1.54) is 38.4 Å². The van der Waals surface area contributed by atoms with Crippen LogP contribution in [-0.2, 0) is 14.9 Å². The first-order chi connectivity index (χ1) is 11.3. The second kappa shape index (κ2) is 7.04. The van der Waals surface area contributed by atoms with E-state index in [1.807, 2.05) is 0 Å². The smallest absolute Gasteiger partial charge is 0.264 e. The average molecular weight is 356 g/mol. The number of carbonyl (C=O) groups is 1. The fraction of sp³-hybridized carbons (Fsp3) is 0.133. The molecule has 0 saturated heterocycles. The van der Waals surface area contributed by atoms with Gasteiger partial charge in [0, 0.05) is 24.4 Å². The van der Waals surface area contributed by atoms with Crippen molar-refractivity contribution >= 4 is 21.6 Å². The lowest BCUT2D eigenvalue weighted by molar-refractivity contribution is -0.0258. The molecule has 1 amide bonds. The summed E-state index contributed by atoms with van der Waals surface area (Å²) in [6.45, 7) is 0. The number of amides is 1. The summed E-state index contributed by atoms with van der Waals surface area (Å²) in [6.07, 6.45) is 0. The van der Waals surface area contributed by atoms with E-state index in [0.717, 1.165) is 18.2 Å². The van der Waals surface area contributed by atoms with Gasteiger partial charge in [-0.3, -0.25) is 9.63 Å². The maximum absolute atomic E-state index is 13.2. The van der Waals surface area contributed by atoms with Crippen LogP contribution in [0.25, 0.3) is 0 Å². The fourth-order valence-electron chi connectivity index (χ4n) is 1.82. The van der Waals surface area contributed by atoms with Crippen LogP contribution >= 0.6 is 0 Å². The number of sulfonamides is 1. The van der Waals surface area contributed by atoms with Crippen molar-refractivity contribution in [3.8, 4) is 0 Å². The van der Waals surface area contributed by atoms with E-state index < -0.39 is 27.6 Å². The van der Waals surface area contributed by atoms with Crippen LogP contribution in [0, 0.1) is 11.6 Å². The first kappa shape index (κ1) is 18.0. The van der Waals surface area contributed by atoms with Gasteiger partial charge in [-0.25, -0.2) is 17.2 Å². The number of benzene rings is 2. The number of nitrogens with one attached hydrogen (secondary N) is 1. The molecule has 0 unspecified atom stereocenters. The van der Waals surface area contributed by atoms with Crippen molar-refractivity contribution in [1.82, 2.24) is 4.47 Å². The highest BCUT2D eigenvalue weighted by atomic mass is 32.2. The van der Waals surface area contributed by atoms with Crippen molar-refractivity contribution in [2.75, 3.05) is 19.5 Å². The molecule has 0 atom stereocenters. The van der Waals surface area contributed by atoms with Gasteiger partial charge in [0.2, 0.25) is 0 Å². The molecule has 24 heavy (non-hydrogen) atoms. The molecule has 0 saturated carbocycles. The molecule has 2 aromatic rings. The van der Waals surface area contributed by atoms with Gasteiger partial charge in [-0.15, -0.1) is 0 Å². The van der Waals surface area contributed by atoms with Gasteiger partial charge in [0.1, 0.15) is 0 Å². The molecule has 0 aliphatic carbocycles. The number of halogens is 2. The highest BCUT2D eigenvalue weighted by Crippen LogP contribution is 2.18. The first-order valence-corrected chi connectivity index (χ1v) is 8.09. The van der Waals surface area contributed by atoms with Gasteiger partial charge in [0.15, 0.2) is 11.6 Å². The minimum absolute atomic E-state index is 0.0327. The second-order valence-corrected chi connectivity index (χ2v) is 6.64. The summed E-state index contributed by atoms with van der Waals surface area (Å²) in [4.78, 5) is 16.7. The summed E-state index contributed by atoms with van der Waals surface area (Å²) in [7, 11) is -1.51. The van der Waals surface area contributed by atoms with Gasteiger partial charge in [0.25, 0.3) is 15.9 Å². The van der Waals surface area contributed by atoms with E-state index in [2.05, 4.69) is 10.2 Å². The van der Waals surface area contributed by atoms with Crippen LogP contribution in [0.1, 0.15) is 10.4 Å². The summed E-state index contributed by atoms with van der Waals surface area (Å²) in [5.41, 5.74) is 0.0754. The number of nitrogens with zero attached hydrogens (tertiary/aromatic N) is 1. The number of carbonyl (C=O) groups excluding carboxylic acids is 1. The van der Waals surface area contributed by atoms with Gasteiger partial charge >= 0.3 is 0 Å². The van der Waals surface area contributed by atoms with Crippen molar-refractivity contribution in [2.45, 2.75) is 4.90 Å². The summed E-state index contributed by atoms with van der Waals surface area (Å²) in [5.74, 6) is -2.81. The van der Waals surface area contributed by atoms with Gasteiger partial charge in [-0.1, -0.05) is 10.5 Å². The van der Waals surface area contributed by atoms with Crippen LogP contribution in [0.3, 0.4) is 0 Å². The maximum Gasteiger partial charge on any atom is 0.264 e. The Labute approximate surface area is 137 Å². The monoisotopic (exact) mass is 356 g/mol. The van der Waals surface area contributed by atoms with Crippen LogP contribution in [0.5, 0.6) is 0 Å². The summed E-state index contributed by atoms with van der Waals surface area (Å²) >= 11 is 0. The molecule has 9 heteroatoms. The Morgan fingerprint density at radius 3 is 2.46 bits per heavy atom. The molecule has 0 aromatic heterocycles. The highest BCUT2D eigenvalue weighted by molar-refractivity contribution is 7.89. The van der Waals surface area contributed by atoms with Gasteiger partial charge in [0.05, 0.1) is 12.0 Å². The van der Waals surface area contributed by atoms with Crippen LogP contribution in [0.4, 0.5) is 14.5 Å². The van der Waals surface area contributed by atoms with Crippen molar-refractivity contribution in [2.24, 2.45) is 0 Å². The SMILES string of the molecule is CON(C)S(=O)(=O)c1cccc(C(=O)Nc2ccc(F)c(F)c2)c1. The summed E-state index contributed by atoms with van der Waals surface area (Å²) < 4.78 is 51.0. The van der Waals surface area contributed by atoms with E-state index in [9.17, 15) is 22.0 Å². The number of rotatable bonds is 5. The molecule has 6 nitrogen and oxygen atoms in total. The average Bonchev–Trinajstić information content (AvgIpc) is 2.57. The van der Waals surface area contributed by atoms with Crippen molar-refractivity contribution < 1.29 is 26.8 Å². The van der Waals surface area contributed by atoms with Crippen LogP contribution in [0.2, 0.25) is 0 Å². The number of hydroxylamine groups is 1. The molecule has 0 fully saturated rings. The Morgan fingerprint density at radius 1 is 1.12 bits per heavy atom. The zero-order chi connectivity index (χ0) is 17.9. The maximum atomic E-state index is 13.2. The lowest BCUT2D eigenvalue weighted by atomic mass is 10.2. The van der Waals surface area contributed by atoms with E-state index in [4.69, 9.17) is 0 Å². The molecule has 128 valence electrons. The predicted octanol–water partition coefficient (Wildman–Crippen LogP) is 2.40. The number of hydrogen-bond donors (Lipinski definition) is 1. The van der Waals surface area contributed by atoms with Gasteiger partial charge in [-0.05, 0) is 30.3 Å². The Hall–Kier alpha value is -2.36. The Balaban J connectivity index is 2.28. The van der Waals surface area contributed by atoms with E-state index in [1.54, 1.807) is 0 Å². The number of hydrogen-bond acceptors (Lipinski definition) is 4. The molecule has 0 bridgehead atoms. The van der Waals surface area contributed by atoms with E-state index in [0.29, 0.717) is 4.47 Å². The second-order valence-electron chi connectivity index (χ2n) is 4.71. The molecule has 0 aliphatic heterocycles. The molecule has 0 heterocycles. The summed E-state index contributed by atoms with van der Waals surface area (Å²) in [5, 5.41) is 2.36. The minimum Gasteiger partial charge on any atom is -0.322 e. The Kier molecular flexibility index (Phi) is 5.27. The zero-order valence-electron chi connectivity index (χ0n) is 12.8. The van der Waals surface area contributed by atoms with Crippen molar-refractivity contribution in [3.63, 3.8) is 0 Å². The third-order valence-electron chi connectivity index (χ3n) is 3.17. The van der Waals surface area contributed by atoms with E-state index in [-0.39, 0.29) is 16.1 Å². The molecule has 0 aliphatic rings. The molecule has 0 radical (unpaired) electrons. The normalized spacial score (nSPS) is 11.5. The highest BCUT2D eigenvalue weighted by Gasteiger charge is 2.22. The van der Waals surface area contributed by atoms with E-state index >= 15 is 0 Å². The van der Waals surface area contributed by atoms with Crippen LogP contribution in [0.15, 0.2) is 47.4 Å². The fourth-order valence-corrected chi connectivity index (χ4v) is 2.84. The topological polar surface area (TPSA) is 75.7 Å². The molecular weight excluding hydrogens is 342 g/mol. The van der Waals surface area contributed by atoms with Crippen molar-refractivity contribution in [1.29, 1.82) is 0 Å². The first-order valence-electron chi connectivity index (χ1n) is 6.65. The largest absolute Gasteiger partial charge is 0.322 e. The third-order valence-corrected chi connectivity index (χ3v) is 4.84. The lowest BCUT2D eigenvalue weighted by Gasteiger charge is -2.14. The van der Waals surface area contributed by atoms with Crippen LogP contribution in [-0.4, -0.2) is 33.0 Å². The van der Waals surface area contributed by atoms with Crippen LogP contribution < -0.4 is 5.32 Å². The van der Waals surface area contributed by atoms with Gasteiger partial charge < -0.3 is 5.32 Å². The zero-order valence-corrected chi connectivity index (χ0v) is 13.6. The Morgan fingerprint density at radius 2 is 1.83 bits per heavy atom. The molecule has 2 aromatic carbocycles. The summed E-state index contributed by atoms with van der Waals surface area (Å²) in [6, 6.07) is 8.12. The van der Waals surface area contributed by atoms with Crippen molar-refractivity contribution in [3.05, 3.63) is 59.7 Å². The lowest BCUT2D eigenvalue weighted by Crippen LogP contribution is -2.26. The minimum atomic E-state index is -3.91. The molecule has 0 spiro atoms.